The second-order valence-electron chi connectivity index (χ2n) is 2.94. The van der Waals surface area contributed by atoms with Gasteiger partial charge in [0.15, 0.2) is 5.82 Å². The summed E-state index contributed by atoms with van der Waals surface area (Å²) in [6, 6.07) is 1.63. The Morgan fingerprint density at radius 1 is 1.50 bits per heavy atom. The molecular formula is C9H13Cl2N3OS. The summed E-state index contributed by atoms with van der Waals surface area (Å²) in [6.45, 7) is 0.722. The Labute approximate surface area is 109 Å². The molecule has 0 unspecified atom stereocenters. The quantitative estimate of drug-likeness (QED) is 0.363. The van der Waals surface area contributed by atoms with Crippen LogP contribution in [0.5, 0.6) is 0 Å². The largest absolute Gasteiger partial charge is 0.385 e. The van der Waals surface area contributed by atoms with Crippen LogP contribution >= 0.6 is 35.0 Å². The van der Waals surface area contributed by atoms with Gasteiger partial charge in [0.25, 0.3) is 0 Å². The number of anilines is 1. The number of aromatic nitrogens is 1. The predicted molar refractivity (Wildman–Crippen MR) is 69.3 cm³/mol. The van der Waals surface area contributed by atoms with Crippen molar-refractivity contribution in [2.45, 2.75) is 11.4 Å². The van der Waals surface area contributed by atoms with Gasteiger partial charge >= 0.3 is 0 Å². The number of pyridine rings is 1. The summed E-state index contributed by atoms with van der Waals surface area (Å²) in [5, 5.41) is 1.66. The third-order valence-corrected chi connectivity index (χ3v) is 3.53. The van der Waals surface area contributed by atoms with Gasteiger partial charge in [-0.2, -0.15) is 0 Å². The number of halogens is 2. The SMILES string of the molecule is COCCCSc1nc(NN)c(Cl)cc1Cl. The number of nitrogens with one attached hydrogen (secondary N) is 1. The summed E-state index contributed by atoms with van der Waals surface area (Å²) in [7, 11) is 1.68. The average molecular weight is 282 g/mol. The zero-order valence-corrected chi connectivity index (χ0v) is 11.1. The first-order valence-electron chi connectivity index (χ1n) is 4.63. The lowest BCUT2D eigenvalue weighted by atomic mass is 10.4. The van der Waals surface area contributed by atoms with E-state index in [1.54, 1.807) is 24.9 Å². The Balaban J connectivity index is 2.64. The van der Waals surface area contributed by atoms with Crippen molar-refractivity contribution in [3.63, 3.8) is 0 Å². The van der Waals surface area contributed by atoms with E-state index < -0.39 is 0 Å². The van der Waals surface area contributed by atoms with Gasteiger partial charge in [-0.05, 0) is 12.5 Å². The van der Waals surface area contributed by atoms with Crippen LogP contribution in [0.25, 0.3) is 0 Å². The number of nitrogen functional groups attached to an aromatic ring is 1. The van der Waals surface area contributed by atoms with Crippen LogP contribution in [0.1, 0.15) is 6.42 Å². The maximum absolute atomic E-state index is 6.00. The molecule has 16 heavy (non-hydrogen) atoms. The first-order chi connectivity index (χ1) is 7.69. The van der Waals surface area contributed by atoms with E-state index >= 15 is 0 Å². The van der Waals surface area contributed by atoms with E-state index in [-0.39, 0.29) is 0 Å². The number of nitrogens with zero attached hydrogens (tertiary/aromatic N) is 1. The molecule has 0 aliphatic carbocycles. The maximum Gasteiger partial charge on any atom is 0.160 e. The highest BCUT2D eigenvalue weighted by molar-refractivity contribution is 7.99. The monoisotopic (exact) mass is 281 g/mol. The van der Waals surface area contributed by atoms with Crippen molar-refractivity contribution in [1.29, 1.82) is 0 Å². The fraction of sp³-hybridized carbons (Fsp3) is 0.444. The Hall–Kier alpha value is -0.200. The van der Waals surface area contributed by atoms with Crippen LogP contribution in [0, 0.1) is 0 Å². The zero-order valence-electron chi connectivity index (χ0n) is 8.80. The summed E-state index contributed by atoms with van der Waals surface area (Å²) in [5.41, 5.74) is 2.42. The molecule has 7 heteroatoms. The van der Waals surface area contributed by atoms with Crippen LogP contribution in [0.2, 0.25) is 10.0 Å². The second kappa shape index (κ2) is 7.19. The van der Waals surface area contributed by atoms with Crippen molar-refractivity contribution in [3.05, 3.63) is 16.1 Å². The predicted octanol–water partition coefficient (Wildman–Crippen LogP) is 2.80. The molecule has 0 aliphatic rings. The van der Waals surface area contributed by atoms with Crippen molar-refractivity contribution in [1.82, 2.24) is 4.98 Å². The number of ether oxygens (including phenoxy) is 1. The normalized spacial score (nSPS) is 10.5. The minimum Gasteiger partial charge on any atom is -0.385 e. The summed E-state index contributed by atoms with van der Waals surface area (Å²) >= 11 is 13.4. The first-order valence-corrected chi connectivity index (χ1v) is 6.37. The lowest BCUT2D eigenvalue weighted by molar-refractivity contribution is 0.200. The molecule has 0 spiro atoms. The summed E-state index contributed by atoms with van der Waals surface area (Å²) < 4.78 is 4.95. The average Bonchev–Trinajstić information content (AvgIpc) is 2.27. The highest BCUT2D eigenvalue weighted by Gasteiger charge is 2.08. The molecule has 0 fully saturated rings. The molecule has 0 aliphatic heterocycles. The molecule has 0 radical (unpaired) electrons. The number of hydrogen-bond acceptors (Lipinski definition) is 5. The standard InChI is InChI=1S/C9H13Cl2N3OS/c1-15-3-2-4-16-9-7(11)5-6(10)8(13-9)14-12/h5H,2-4,12H2,1H3,(H,13,14). The van der Waals surface area contributed by atoms with E-state index in [0.717, 1.165) is 23.8 Å². The lowest BCUT2D eigenvalue weighted by Crippen LogP contribution is -2.09. The highest BCUT2D eigenvalue weighted by Crippen LogP contribution is 2.31. The Kier molecular flexibility index (Phi) is 6.23. The fourth-order valence-electron chi connectivity index (χ4n) is 1.02. The van der Waals surface area contributed by atoms with Gasteiger partial charge in [0.1, 0.15) is 5.03 Å². The molecule has 0 aromatic carbocycles. The molecular weight excluding hydrogens is 269 g/mol. The maximum atomic E-state index is 6.00. The fourth-order valence-corrected chi connectivity index (χ4v) is 2.41. The van der Waals surface area contributed by atoms with E-state index in [0.29, 0.717) is 15.9 Å². The van der Waals surface area contributed by atoms with Crippen molar-refractivity contribution in [3.8, 4) is 0 Å². The smallest absolute Gasteiger partial charge is 0.160 e. The van der Waals surface area contributed by atoms with Gasteiger partial charge in [0.2, 0.25) is 0 Å². The number of methoxy groups -OCH3 is 1. The van der Waals surface area contributed by atoms with Gasteiger partial charge < -0.3 is 10.2 Å². The molecule has 1 heterocycles. The Morgan fingerprint density at radius 3 is 2.88 bits per heavy atom. The van der Waals surface area contributed by atoms with Crippen molar-refractivity contribution in [2.75, 3.05) is 24.9 Å². The van der Waals surface area contributed by atoms with Gasteiger partial charge in [-0.1, -0.05) is 23.2 Å². The molecule has 0 atom stereocenters. The van der Waals surface area contributed by atoms with Crippen LogP contribution in [0.4, 0.5) is 5.82 Å². The summed E-state index contributed by atoms with van der Waals surface area (Å²) in [4.78, 5) is 4.21. The summed E-state index contributed by atoms with van der Waals surface area (Å²) in [5.74, 6) is 6.59. The molecule has 3 N–H and O–H groups in total. The molecule has 0 saturated carbocycles. The molecule has 1 aromatic heterocycles. The third kappa shape index (κ3) is 3.99. The van der Waals surface area contributed by atoms with Crippen LogP contribution in [-0.2, 0) is 4.74 Å². The van der Waals surface area contributed by atoms with E-state index in [2.05, 4.69) is 10.4 Å². The molecule has 0 amide bonds. The van der Waals surface area contributed by atoms with Crippen molar-refractivity contribution in [2.24, 2.45) is 5.84 Å². The van der Waals surface area contributed by atoms with Crippen LogP contribution < -0.4 is 11.3 Å². The number of hydrogen-bond donors (Lipinski definition) is 2. The van der Waals surface area contributed by atoms with Crippen LogP contribution in [0.15, 0.2) is 11.1 Å². The molecule has 90 valence electrons. The van der Waals surface area contributed by atoms with Gasteiger partial charge in [-0.3, -0.25) is 0 Å². The number of hydrazine groups is 1. The topological polar surface area (TPSA) is 60.2 Å². The molecule has 1 aromatic rings. The zero-order chi connectivity index (χ0) is 12.0. The Bertz CT molecular complexity index is 352. The molecule has 1 rings (SSSR count). The Morgan fingerprint density at radius 2 is 2.25 bits per heavy atom. The van der Waals surface area contributed by atoms with E-state index in [9.17, 15) is 0 Å². The third-order valence-electron chi connectivity index (χ3n) is 1.77. The van der Waals surface area contributed by atoms with E-state index in [4.69, 9.17) is 33.8 Å². The van der Waals surface area contributed by atoms with E-state index in [1.165, 1.54) is 0 Å². The number of thioether (sulfide) groups is 1. The van der Waals surface area contributed by atoms with Crippen molar-refractivity contribution < 1.29 is 4.74 Å². The summed E-state index contributed by atoms with van der Waals surface area (Å²) in [6.07, 6.45) is 0.938. The van der Waals surface area contributed by atoms with Crippen molar-refractivity contribution >= 4 is 40.8 Å². The highest BCUT2D eigenvalue weighted by atomic mass is 35.5. The molecule has 4 nitrogen and oxygen atoms in total. The minimum absolute atomic E-state index is 0.411. The van der Waals surface area contributed by atoms with Gasteiger partial charge in [-0.15, -0.1) is 11.8 Å². The molecule has 0 bridgehead atoms. The molecule has 0 saturated heterocycles. The lowest BCUT2D eigenvalue weighted by Gasteiger charge is -2.07. The first kappa shape index (κ1) is 13.9. The van der Waals surface area contributed by atoms with Crippen LogP contribution in [0.3, 0.4) is 0 Å². The van der Waals surface area contributed by atoms with Crippen LogP contribution in [-0.4, -0.2) is 24.5 Å². The minimum atomic E-state index is 0.411. The van der Waals surface area contributed by atoms with Gasteiger partial charge in [0.05, 0.1) is 10.0 Å². The number of rotatable bonds is 6. The number of nitrogens with two attached hydrogens (primary N) is 1. The van der Waals surface area contributed by atoms with Gasteiger partial charge in [0, 0.05) is 19.5 Å². The van der Waals surface area contributed by atoms with E-state index in [1.807, 2.05) is 0 Å². The van der Waals surface area contributed by atoms with Gasteiger partial charge in [-0.25, -0.2) is 10.8 Å². The second-order valence-corrected chi connectivity index (χ2v) is 4.84.